The molecule has 1 aromatic rings. The van der Waals surface area contributed by atoms with Gasteiger partial charge in [0.05, 0.1) is 5.60 Å². The number of hydrogen-bond acceptors (Lipinski definition) is 1. The second-order valence-electron chi connectivity index (χ2n) is 5.41. The van der Waals surface area contributed by atoms with Crippen LogP contribution in [0.1, 0.15) is 38.2 Å². The second kappa shape index (κ2) is 4.73. The van der Waals surface area contributed by atoms with Gasteiger partial charge in [0.1, 0.15) is 11.6 Å². The summed E-state index contributed by atoms with van der Waals surface area (Å²) >= 11 is 0. The smallest absolute Gasteiger partial charge is 0.129 e. The highest BCUT2D eigenvalue weighted by Crippen LogP contribution is 2.35. The highest BCUT2D eigenvalue weighted by molar-refractivity contribution is 5.20. The van der Waals surface area contributed by atoms with Gasteiger partial charge in [-0.1, -0.05) is 25.3 Å². The van der Waals surface area contributed by atoms with E-state index >= 15 is 0 Å². The van der Waals surface area contributed by atoms with E-state index in [1.54, 1.807) is 6.92 Å². The van der Waals surface area contributed by atoms with E-state index in [9.17, 15) is 13.9 Å². The Bertz CT molecular complexity index is 397. The average molecular weight is 240 g/mol. The largest absolute Gasteiger partial charge is 0.390 e. The molecule has 0 radical (unpaired) electrons. The van der Waals surface area contributed by atoms with E-state index in [1.165, 1.54) is 18.6 Å². The standard InChI is InChI=1S/C14H18F2O/c1-14(17,8-10-3-2-4-10)9-11-5-6-12(15)7-13(11)16/h5-7,10,17H,2-4,8-9H2,1H3. The van der Waals surface area contributed by atoms with Crippen molar-refractivity contribution in [1.82, 2.24) is 0 Å². The van der Waals surface area contributed by atoms with Gasteiger partial charge in [0.25, 0.3) is 0 Å². The third-order valence-corrected chi connectivity index (χ3v) is 3.54. The van der Waals surface area contributed by atoms with Gasteiger partial charge < -0.3 is 5.11 Å². The first-order chi connectivity index (χ1) is 7.96. The van der Waals surface area contributed by atoms with Crippen molar-refractivity contribution < 1.29 is 13.9 Å². The zero-order valence-corrected chi connectivity index (χ0v) is 10.0. The first-order valence-electron chi connectivity index (χ1n) is 6.13. The van der Waals surface area contributed by atoms with Crippen molar-refractivity contribution in [2.45, 2.75) is 44.6 Å². The molecular weight excluding hydrogens is 222 g/mol. The Hall–Kier alpha value is -0.960. The molecule has 1 unspecified atom stereocenters. The number of benzene rings is 1. The molecule has 0 bridgehead atoms. The lowest BCUT2D eigenvalue weighted by molar-refractivity contribution is 0.0197. The molecule has 1 N–H and O–H groups in total. The summed E-state index contributed by atoms with van der Waals surface area (Å²) in [5.41, 5.74) is -0.514. The van der Waals surface area contributed by atoms with Gasteiger partial charge >= 0.3 is 0 Å². The van der Waals surface area contributed by atoms with Crippen molar-refractivity contribution in [1.29, 1.82) is 0 Å². The fourth-order valence-electron chi connectivity index (χ4n) is 2.47. The van der Waals surface area contributed by atoms with Gasteiger partial charge in [-0.15, -0.1) is 0 Å². The number of hydrogen-bond donors (Lipinski definition) is 1. The lowest BCUT2D eigenvalue weighted by Gasteiger charge is -2.33. The Morgan fingerprint density at radius 2 is 2.06 bits per heavy atom. The Morgan fingerprint density at radius 1 is 1.35 bits per heavy atom. The van der Waals surface area contributed by atoms with Crippen LogP contribution in [0.4, 0.5) is 8.78 Å². The molecule has 94 valence electrons. The first-order valence-corrected chi connectivity index (χ1v) is 6.13. The highest BCUT2D eigenvalue weighted by atomic mass is 19.1. The lowest BCUT2D eigenvalue weighted by atomic mass is 9.76. The number of rotatable bonds is 4. The fraction of sp³-hybridized carbons (Fsp3) is 0.571. The Balaban J connectivity index is 2.02. The topological polar surface area (TPSA) is 20.2 Å². The summed E-state index contributed by atoms with van der Waals surface area (Å²) in [6, 6.07) is 3.52. The van der Waals surface area contributed by atoms with E-state index in [0.29, 0.717) is 17.9 Å². The van der Waals surface area contributed by atoms with Crippen LogP contribution in [0.3, 0.4) is 0 Å². The highest BCUT2D eigenvalue weighted by Gasteiger charge is 2.29. The molecule has 1 atom stereocenters. The van der Waals surface area contributed by atoms with Gasteiger partial charge in [-0.05, 0) is 30.9 Å². The molecule has 0 amide bonds. The van der Waals surface area contributed by atoms with Crippen molar-refractivity contribution in [2.24, 2.45) is 5.92 Å². The van der Waals surface area contributed by atoms with Crippen LogP contribution in [0.25, 0.3) is 0 Å². The minimum Gasteiger partial charge on any atom is -0.390 e. The Kier molecular flexibility index (Phi) is 3.48. The molecule has 1 aliphatic rings. The summed E-state index contributed by atoms with van der Waals surface area (Å²) in [6.07, 6.45) is 4.48. The Morgan fingerprint density at radius 3 is 2.59 bits per heavy atom. The van der Waals surface area contributed by atoms with Crippen LogP contribution in [0.5, 0.6) is 0 Å². The van der Waals surface area contributed by atoms with Gasteiger partial charge in [0, 0.05) is 12.5 Å². The molecule has 0 aromatic heterocycles. The molecule has 0 saturated heterocycles. The maximum absolute atomic E-state index is 13.5. The lowest BCUT2D eigenvalue weighted by Crippen LogP contribution is -2.32. The van der Waals surface area contributed by atoms with Crippen molar-refractivity contribution in [2.75, 3.05) is 0 Å². The van der Waals surface area contributed by atoms with Gasteiger partial charge in [-0.2, -0.15) is 0 Å². The number of halogens is 2. The summed E-state index contributed by atoms with van der Waals surface area (Å²) in [7, 11) is 0. The monoisotopic (exact) mass is 240 g/mol. The molecule has 0 aliphatic heterocycles. The molecule has 0 spiro atoms. The predicted octanol–water partition coefficient (Wildman–Crippen LogP) is 3.45. The van der Waals surface area contributed by atoms with E-state index < -0.39 is 17.2 Å². The minimum absolute atomic E-state index is 0.246. The molecule has 1 fully saturated rings. The van der Waals surface area contributed by atoms with E-state index in [4.69, 9.17) is 0 Å². The van der Waals surface area contributed by atoms with Crippen molar-refractivity contribution >= 4 is 0 Å². The molecule has 0 heterocycles. The van der Waals surface area contributed by atoms with E-state index in [2.05, 4.69) is 0 Å². The molecular formula is C14H18F2O. The normalized spacial score (nSPS) is 19.8. The molecule has 1 nitrogen and oxygen atoms in total. The molecule has 1 saturated carbocycles. The summed E-state index contributed by atoms with van der Waals surface area (Å²) in [6.45, 7) is 1.73. The van der Waals surface area contributed by atoms with Gasteiger partial charge in [0.15, 0.2) is 0 Å². The summed E-state index contributed by atoms with van der Waals surface area (Å²) in [5, 5.41) is 10.2. The average Bonchev–Trinajstić information content (AvgIpc) is 2.17. The third-order valence-electron chi connectivity index (χ3n) is 3.54. The van der Waals surface area contributed by atoms with Crippen molar-refractivity contribution in [3.63, 3.8) is 0 Å². The van der Waals surface area contributed by atoms with Crippen molar-refractivity contribution in [3.05, 3.63) is 35.4 Å². The third kappa shape index (κ3) is 3.25. The van der Waals surface area contributed by atoms with Gasteiger partial charge in [0.2, 0.25) is 0 Å². The second-order valence-corrected chi connectivity index (χ2v) is 5.41. The zero-order chi connectivity index (χ0) is 12.5. The van der Waals surface area contributed by atoms with Crippen LogP contribution >= 0.6 is 0 Å². The maximum atomic E-state index is 13.5. The zero-order valence-electron chi connectivity index (χ0n) is 10.0. The quantitative estimate of drug-likeness (QED) is 0.854. The molecule has 1 aliphatic carbocycles. The van der Waals surface area contributed by atoms with Crippen molar-refractivity contribution in [3.8, 4) is 0 Å². The number of aliphatic hydroxyl groups is 1. The first kappa shape index (κ1) is 12.5. The van der Waals surface area contributed by atoms with Crippen LogP contribution in [0.2, 0.25) is 0 Å². The molecule has 1 aromatic carbocycles. The fourth-order valence-corrected chi connectivity index (χ4v) is 2.47. The summed E-state index contributed by atoms with van der Waals surface area (Å²) < 4.78 is 26.2. The van der Waals surface area contributed by atoms with Crippen LogP contribution in [-0.4, -0.2) is 10.7 Å². The summed E-state index contributed by atoms with van der Waals surface area (Å²) in [5.74, 6) is -0.586. The van der Waals surface area contributed by atoms with Crippen LogP contribution in [0.15, 0.2) is 18.2 Å². The Labute approximate surface area is 100 Å². The SMILES string of the molecule is CC(O)(Cc1ccc(F)cc1F)CC1CCC1. The van der Waals surface area contributed by atoms with E-state index in [-0.39, 0.29) is 6.42 Å². The minimum atomic E-state index is -0.899. The van der Waals surface area contributed by atoms with E-state index in [1.807, 2.05) is 0 Å². The summed E-state index contributed by atoms with van der Waals surface area (Å²) in [4.78, 5) is 0. The molecule has 17 heavy (non-hydrogen) atoms. The van der Waals surface area contributed by atoms with Crippen LogP contribution in [0, 0.1) is 17.6 Å². The molecule has 2 rings (SSSR count). The molecule has 3 heteroatoms. The van der Waals surface area contributed by atoms with Gasteiger partial charge in [-0.25, -0.2) is 8.78 Å². The maximum Gasteiger partial charge on any atom is 0.129 e. The van der Waals surface area contributed by atoms with Crippen LogP contribution in [-0.2, 0) is 6.42 Å². The van der Waals surface area contributed by atoms with Crippen LogP contribution < -0.4 is 0 Å². The van der Waals surface area contributed by atoms with Gasteiger partial charge in [-0.3, -0.25) is 0 Å². The van der Waals surface area contributed by atoms with E-state index in [0.717, 1.165) is 18.9 Å². The predicted molar refractivity (Wildman–Crippen MR) is 62.6 cm³/mol.